The molecule has 1 aromatic carbocycles. The van der Waals surface area contributed by atoms with E-state index < -0.39 is 0 Å². The van der Waals surface area contributed by atoms with Gasteiger partial charge in [0.25, 0.3) is 0 Å². The van der Waals surface area contributed by atoms with Crippen LogP contribution in [0.2, 0.25) is 0 Å². The van der Waals surface area contributed by atoms with Crippen LogP contribution in [-0.4, -0.2) is 5.78 Å². The number of ether oxygens (including phenoxy) is 1. The molecule has 0 saturated heterocycles. The highest BCUT2D eigenvalue weighted by Crippen LogP contribution is 2.39. The lowest BCUT2D eigenvalue weighted by Gasteiger charge is -2.18. The van der Waals surface area contributed by atoms with Gasteiger partial charge in [-0.25, -0.2) is 0 Å². The number of ketones is 1. The van der Waals surface area contributed by atoms with Crippen molar-refractivity contribution in [2.75, 3.05) is 0 Å². The lowest BCUT2D eigenvalue weighted by molar-refractivity contribution is 0.0939. The number of hydrogen-bond donors (Lipinski definition) is 0. The van der Waals surface area contributed by atoms with Gasteiger partial charge in [0.05, 0.1) is 0 Å². The Balaban J connectivity index is 2.38. The van der Waals surface area contributed by atoms with E-state index in [1.165, 1.54) is 27.2 Å². The monoisotopic (exact) mass is 438 g/mol. The van der Waals surface area contributed by atoms with Crippen LogP contribution in [-0.2, 0) is 6.61 Å². The topological polar surface area (TPSA) is 26.3 Å². The summed E-state index contributed by atoms with van der Waals surface area (Å²) in [4.78, 5) is 13.7. The van der Waals surface area contributed by atoms with Gasteiger partial charge in [-0.1, -0.05) is 73.3 Å². The summed E-state index contributed by atoms with van der Waals surface area (Å²) >= 11 is 1.79. The molecule has 0 spiro atoms. The van der Waals surface area contributed by atoms with Gasteiger partial charge in [-0.05, 0) is 53.3 Å². The molecular weight excluding hydrogens is 400 g/mol. The van der Waals surface area contributed by atoms with Crippen molar-refractivity contribution in [2.45, 2.75) is 67.9 Å². The van der Waals surface area contributed by atoms with Gasteiger partial charge < -0.3 is 4.74 Å². The van der Waals surface area contributed by atoms with Crippen molar-refractivity contribution in [3.8, 4) is 5.75 Å². The number of allylic oxidation sites excluding steroid dienone is 3. The molecule has 2 aromatic rings. The molecule has 2 rings (SSSR count). The quantitative estimate of drug-likeness (QED) is 0.328. The molecule has 0 fully saturated rings. The molecule has 0 aliphatic rings. The van der Waals surface area contributed by atoms with Gasteiger partial charge in [0.15, 0.2) is 5.78 Å². The molecule has 3 heteroatoms. The molecular formula is C28H38O2S. The minimum Gasteiger partial charge on any atom is -0.489 e. The first kappa shape index (κ1) is 25.1. The van der Waals surface area contributed by atoms with E-state index in [0.29, 0.717) is 24.0 Å². The summed E-state index contributed by atoms with van der Waals surface area (Å²) in [6.45, 7) is 19.9. The molecule has 0 saturated carbocycles. The molecule has 0 N–H and O–H groups in total. The highest BCUT2D eigenvalue weighted by Gasteiger charge is 2.20. The normalized spacial score (nSPS) is 13.0. The maximum Gasteiger partial charge on any atom is 0.165 e. The Kier molecular flexibility index (Phi) is 9.31. The van der Waals surface area contributed by atoms with Crippen molar-refractivity contribution < 1.29 is 9.53 Å². The summed E-state index contributed by atoms with van der Waals surface area (Å²) < 4.78 is 6.17. The van der Waals surface area contributed by atoms with Crippen LogP contribution in [0, 0.1) is 17.8 Å². The fourth-order valence-corrected chi connectivity index (χ4v) is 4.76. The van der Waals surface area contributed by atoms with Gasteiger partial charge in [-0.2, -0.15) is 0 Å². The molecule has 31 heavy (non-hydrogen) atoms. The van der Waals surface area contributed by atoms with Crippen LogP contribution < -0.4 is 4.74 Å². The van der Waals surface area contributed by atoms with E-state index in [9.17, 15) is 4.79 Å². The van der Waals surface area contributed by atoms with Crippen molar-refractivity contribution in [1.29, 1.82) is 0 Å². The van der Waals surface area contributed by atoms with Gasteiger partial charge in [0, 0.05) is 27.5 Å². The second kappa shape index (κ2) is 11.5. The standard InChI is InChI=1S/C28H38O2S/c1-9-20(7)21(8)26-24(17-31-28(26)22(10-2)14-18(3)4)16-30-25-13-11-12-23(15-25)27(29)19(5)6/h11-15,17-20H,8-10,16H2,1-7H3/b22-14-. The number of thiophene rings is 1. The van der Waals surface area contributed by atoms with Crippen molar-refractivity contribution in [2.24, 2.45) is 17.8 Å². The maximum absolute atomic E-state index is 12.4. The minimum absolute atomic E-state index is 0.0275. The van der Waals surface area contributed by atoms with Crippen LogP contribution in [0.1, 0.15) is 87.7 Å². The van der Waals surface area contributed by atoms with Crippen molar-refractivity contribution in [1.82, 2.24) is 0 Å². The number of benzene rings is 1. The van der Waals surface area contributed by atoms with Crippen LogP contribution >= 0.6 is 11.3 Å². The number of carbonyl (C=O) groups is 1. The van der Waals surface area contributed by atoms with Crippen molar-refractivity contribution in [3.05, 3.63) is 63.9 Å². The molecule has 1 unspecified atom stereocenters. The summed E-state index contributed by atoms with van der Waals surface area (Å²) in [6.07, 6.45) is 4.42. The summed E-state index contributed by atoms with van der Waals surface area (Å²) in [5, 5.41) is 2.21. The second-order valence-electron chi connectivity index (χ2n) is 8.92. The molecule has 0 aliphatic heterocycles. The highest BCUT2D eigenvalue weighted by molar-refractivity contribution is 7.11. The van der Waals surface area contributed by atoms with Crippen LogP contribution in [0.4, 0.5) is 0 Å². The molecule has 0 amide bonds. The van der Waals surface area contributed by atoms with Crippen LogP contribution in [0.25, 0.3) is 11.1 Å². The fourth-order valence-electron chi connectivity index (χ4n) is 3.57. The van der Waals surface area contributed by atoms with Crippen LogP contribution in [0.5, 0.6) is 5.75 Å². The summed E-state index contributed by atoms with van der Waals surface area (Å²) in [7, 11) is 0. The smallest absolute Gasteiger partial charge is 0.165 e. The Morgan fingerprint density at radius 1 is 1.16 bits per heavy atom. The first-order valence-corrected chi connectivity index (χ1v) is 12.3. The SMILES string of the molecule is C=C(c1c(COc2cccc(C(=O)C(C)C)c2)csc1/C(=C\C(C)C)CC)C(C)CC. The van der Waals surface area contributed by atoms with E-state index >= 15 is 0 Å². The molecule has 1 heterocycles. The molecule has 0 radical (unpaired) electrons. The van der Waals surface area contributed by atoms with Crippen molar-refractivity contribution in [3.63, 3.8) is 0 Å². The van der Waals surface area contributed by atoms with E-state index in [4.69, 9.17) is 4.74 Å². The van der Waals surface area contributed by atoms with Crippen LogP contribution in [0.3, 0.4) is 0 Å². The Morgan fingerprint density at radius 2 is 1.87 bits per heavy atom. The Morgan fingerprint density at radius 3 is 2.45 bits per heavy atom. The van der Waals surface area contributed by atoms with E-state index in [1.807, 2.05) is 38.1 Å². The third-order valence-electron chi connectivity index (χ3n) is 5.64. The molecule has 0 bridgehead atoms. The van der Waals surface area contributed by atoms with Gasteiger partial charge >= 0.3 is 0 Å². The van der Waals surface area contributed by atoms with Crippen molar-refractivity contribution >= 4 is 28.3 Å². The Bertz CT molecular complexity index is 930. The van der Waals surface area contributed by atoms with Gasteiger partial charge in [-0.3, -0.25) is 4.79 Å². The third kappa shape index (κ3) is 6.43. The predicted octanol–water partition coefficient (Wildman–Crippen LogP) is 8.67. The number of rotatable bonds is 11. The predicted molar refractivity (Wildman–Crippen MR) is 136 cm³/mol. The van der Waals surface area contributed by atoms with Gasteiger partial charge in [0.2, 0.25) is 0 Å². The zero-order valence-electron chi connectivity index (χ0n) is 20.2. The summed E-state index contributed by atoms with van der Waals surface area (Å²) in [6, 6.07) is 7.53. The zero-order chi connectivity index (χ0) is 23.1. The largest absolute Gasteiger partial charge is 0.489 e. The number of Topliss-reactive ketones (excluding diaryl/α,β-unsaturated/α-hetero) is 1. The van der Waals surface area contributed by atoms with Gasteiger partial charge in [0.1, 0.15) is 12.4 Å². The number of carbonyl (C=O) groups excluding carboxylic acids is 1. The zero-order valence-corrected chi connectivity index (χ0v) is 21.1. The highest BCUT2D eigenvalue weighted by atomic mass is 32.1. The summed E-state index contributed by atoms with van der Waals surface area (Å²) in [5.41, 5.74) is 5.70. The average molecular weight is 439 g/mol. The average Bonchev–Trinajstić information content (AvgIpc) is 3.17. The summed E-state index contributed by atoms with van der Waals surface area (Å²) in [5.74, 6) is 1.76. The lowest BCUT2D eigenvalue weighted by atomic mass is 9.89. The second-order valence-corrected chi connectivity index (χ2v) is 9.80. The maximum atomic E-state index is 12.4. The number of hydrogen-bond acceptors (Lipinski definition) is 3. The first-order valence-electron chi connectivity index (χ1n) is 11.5. The van der Waals surface area contributed by atoms with Crippen LogP contribution in [0.15, 0.2) is 42.3 Å². The fraction of sp³-hybridized carbons (Fsp3) is 0.464. The van der Waals surface area contributed by atoms with Gasteiger partial charge in [-0.15, -0.1) is 11.3 Å². The molecule has 2 nitrogen and oxygen atoms in total. The van der Waals surface area contributed by atoms with E-state index in [0.717, 1.165) is 18.6 Å². The first-order chi connectivity index (χ1) is 14.7. The Hall–Kier alpha value is -2.13. The Labute approximate surface area is 193 Å². The molecule has 1 atom stereocenters. The van der Waals surface area contributed by atoms with E-state index in [-0.39, 0.29) is 11.7 Å². The molecule has 0 aliphatic carbocycles. The minimum atomic E-state index is -0.0275. The third-order valence-corrected chi connectivity index (χ3v) is 6.74. The van der Waals surface area contributed by atoms with E-state index in [1.54, 1.807) is 11.3 Å². The molecule has 168 valence electrons. The molecule has 1 aromatic heterocycles. The van der Waals surface area contributed by atoms with E-state index in [2.05, 4.69) is 52.7 Å². The lowest BCUT2D eigenvalue weighted by Crippen LogP contribution is -2.07.